The first kappa shape index (κ1) is 19.1. The molecule has 0 spiro atoms. The monoisotopic (exact) mass is 328 g/mol. The van der Waals surface area contributed by atoms with E-state index >= 15 is 0 Å². The third kappa shape index (κ3) is 7.15. The minimum atomic E-state index is 0.650. The van der Waals surface area contributed by atoms with Gasteiger partial charge in [0.15, 0.2) is 0 Å². The summed E-state index contributed by atoms with van der Waals surface area (Å²) in [7, 11) is 0. The maximum absolute atomic E-state index is 4.36. The summed E-state index contributed by atoms with van der Waals surface area (Å²) in [5.74, 6) is 3.12. The van der Waals surface area contributed by atoms with E-state index in [1.165, 1.54) is 77.0 Å². The summed E-state index contributed by atoms with van der Waals surface area (Å²) in [4.78, 5) is 0. The van der Waals surface area contributed by atoms with E-state index in [0.717, 1.165) is 11.8 Å². The minimum Gasteiger partial charge on any atom is -0.164 e. The van der Waals surface area contributed by atoms with Gasteiger partial charge in [-0.3, -0.25) is 0 Å². The van der Waals surface area contributed by atoms with E-state index in [1.807, 2.05) is 0 Å². The second kappa shape index (κ2) is 11.4. The Balaban J connectivity index is 1.60. The van der Waals surface area contributed by atoms with Crippen molar-refractivity contribution < 1.29 is 0 Å². The molecule has 2 heteroatoms. The minimum absolute atomic E-state index is 0.650. The Morgan fingerprint density at radius 2 is 1.00 bits per heavy atom. The van der Waals surface area contributed by atoms with Crippen molar-refractivity contribution in [3.63, 3.8) is 0 Å². The lowest BCUT2D eigenvalue weighted by Crippen LogP contribution is -2.16. The third-order valence-corrected chi connectivity index (χ3v) is 5.96. The topological polar surface area (TPSA) is 24.7 Å². The number of allylic oxidation sites excluding steroid dienone is 2. The largest absolute Gasteiger partial charge is 0.164 e. The Bertz CT molecular complexity index is 368. The molecule has 0 heterocycles. The molecule has 0 amide bonds. The number of rotatable bonds is 9. The summed E-state index contributed by atoms with van der Waals surface area (Å²) in [6.45, 7) is 7.65. The molecule has 0 aromatic carbocycles. The third-order valence-electron chi connectivity index (χ3n) is 5.96. The Hall–Kier alpha value is -1.18. The molecular weight excluding hydrogens is 292 g/mol. The predicted octanol–water partition coefficient (Wildman–Crippen LogP) is 6.59. The van der Waals surface area contributed by atoms with Crippen LogP contribution in [0.4, 0.5) is 0 Å². The molecule has 0 saturated heterocycles. The molecule has 134 valence electrons. The first-order valence-electron chi connectivity index (χ1n) is 10.1. The van der Waals surface area contributed by atoms with Crippen LogP contribution in [0.1, 0.15) is 77.0 Å². The lowest BCUT2D eigenvalue weighted by molar-refractivity contribution is 0.310. The van der Waals surface area contributed by atoms with E-state index in [4.69, 9.17) is 0 Å². The highest BCUT2D eigenvalue weighted by Gasteiger charge is 2.20. The van der Waals surface area contributed by atoms with E-state index in [1.54, 1.807) is 0 Å². The molecule has 2 aliphatic carbocycles. The van der Waals surface area contributed by atoms with E-state index in [0.29, 0.717) is 11.8 Å². The average Bonchev–Trinajstić information content (AvgIpc) is 2.64. The van der Waals surface area contributed by atoms with Crippen molar-refractivity contribution in [1.29, 1.82) is 0 Å². The molecule has 0 bridgehead atoms. The van der Waals surface area contributed by atoms with Crippen molar-refractivity contribution >= 4 is 12.4 Å². The van der Waals surface area contributed by atoms with Crippen LogP contribution in [-0.2, 0) is 0 Å². The van der Waals surface area contributed by atoms with Crippen molar-refractivity contribution in [3.05, 3.63) is 25.3 Å². The highest BCUT2D eigenvalue weighted by molar-refractivity contribution is 5.64. The van der Waals surface area contributed by atoms with Crippen molar-refractivity contribution in [2.45, 2.75) is 77.0 Å². The summed E-state index contributed by atoms with van der Waals surface area (Å²) < 4.78 is 0. The van der Waals surface area contributed by atoms with Crippen LogP contribution in [0.2, 0.25) is 0 Å². The summed E-state index contributed by atoms with van der Waals surface area (Å²) in [6, 6.07) is 0. The average molecular weight is 329 g/mol. The molecule has 0 unspecified atom stereocenters. The summed E-state index contributed by atoms with van der Waals surface area (Å²) in [6.07, 6.45) is 23.8. The van der Waals surface area contributed by atoms with Crippen molar-refractivity contribution in [3.8, 4) is 0 Å². The standard InChI is InChI=1S/C22H36N2/c1-3-5-7-19-9-13-21(14-10-19)17-23-24-18-22-15-11-20(12-16-22)8-6-4-2/h3-4,17-22H,1-2,5-16H2/b23-17+,24-18+. The van der Waals surface area contributed by atoms with Crippen molar-refractivity contribution in [2.24, 2.45) is 33.9 Å². The maximum atomic E-state index is 4.36. The molecule has 0 atom stereocenters. The zero-order valence-electron chi connectivity index (χ0n) is 15.4. The molecule has 0 aromatic heterocycles. The van der Waals surface area contributed by atoms with Crippen molar-refractivity contribution in [2.75, 3.05) is 0 Å². The Morgan fingerprint density at radius 3 is 1.33 bits per heavy atom. The molecule has 24 heavy (non-hydrogen) atoms. The summed E-state index contributed by atoms with van der Waals surface area (Å²) in [5.41, 5.74) is 0. The van der Waals surface area contributed by atoms with Gasteiger partial charge in [-0.2, -0.15) is 10.2 Å². The van der Waals surface area contributed by atoms with Crippen LogP contribution in [-0.4, -0.2) is 12.4 Å². The first-order valence-corrected chi connectivity index (χ1v) is 10.1. The summed E-state index contributed by atoms with van der Waals surface area (Å²) in [5, 5.41) is 8.72. The lowest BCUT2D eigenvalue weighted by Gasteiger charge is -2.26. The zero-order valence-corrected chi connectivity index (χ0v) is 15.4. The van der Waals surface area contributed by atoms with Gasteiger partial charge in [0.1, 0.15) is 0 Å². The zero-order chi connectivity index (χ0) is 17.0. The van der Waals surface area contributed by atoms with Gasteiger partial charge < -0.3 is 0 Å². The van der Waals surface area contributed by atoms with Crippen molar-refractivity contribution in [1.82, 2.24) is 0 Å². The quantitative estimate of drug-likeness (QED) is 0.259. The van der Waals surface area contributed by atoms with Gasteiger partial charge in [0.2, 0.25) is 0 Å². The normalized spacial score (nSPS) is 31.5. The smallest absolute Gasteiger partial charge is 0.0301 e. The fraction of sp³-hybridized carbons (Fsp3) is 0.727. The second-order valence-electron chi connectivity index (χ2n) is 7.82. The fourth-order valence-corrected chi connectivity index (χ4v) is 4.22. The van der Waals surface area contributed by atoms with Gasteiger partial charge in [0.25, 0.3) is 0 Å². The van der Waals surface area contributed by atoms with Crippen LogP contribution in [0.5, 0.6) is 0 Å². The fourth-order valence-electron chi connectivity index (χ4n) is 4.22. The van der Waals surface area contributed by atoms with E-state index in [-0.39, 0.29) is 0 Å². The van der Waals surface area contributed by atoms with E-state index in [2.05, 4.69) is 47.9 Å². The highest BCUT2D eigenvalue weighted by Crippen LogP contribution is 2.31. The molecule has 2 saturated carbocycles. The Labute approximate surface area is 149 Å². The molecule has 0 radical (unpaired) electrons. The molecule has 2 rings (SSSR count). The van der Waals surface area contributed by atoms with Gasteiger partial charge in [-0.25, -0.2) is 0 Å². The van der Waals surface area contributed by atoms with E-state index < -0.39 is 0 Å². The second-order valence-corrected chi connectivity index (χ2v) is 7.82. The number of hydrogen-bond acceptors (Lipinski definition) is 2. The SMILES string of the molecule is C=CCCC1CCC(/C=N/N=C/C2CCC(CCC=C)CC2)CC1. The van der Waals surface area contributed by atoms with Gasteiger partial charge >= 0.3 is 0 Å². The molecule has 0 N–H and O–H groups in total. The molecule has 0 aliphatic heterocycles. The van der Waals surface area contributed by atoms with Crippen LogP contribution in [0, 0.1) is 23.7 Å². The van der Waals surface area contributed by atoms with Crippen LogP contribution in [0.25, 0.3) is 0 Å². The van der Waals surface area contributed by atoms with E-state index in [9.17, 15) is 0 Å². The molecule has 2 nitrogen and oxygen atoms in total. The van der Waals surface area contributed by atoms with Crippen LogP contribution in [0.3, 0.4) is 0 Å². The summed E-state index contributed by atoms with van der Waals surface area (Å²) >= 11 is 0. The maximum Gasteiger partial charge on any atom is 0.0301 e. The van der Waals surface area contributed by atoms with Crippen LogP contribution < -0.4 is 0 Å². The molecular formula is C22H36N2. The van der Waals surface area contributed by atoms with Gasteiger partial charge in [-0.15, -0.1) is 13.2 Å². The first-order chi connectivity index (χ1) is 11.8. The van der Waals surface area contributed by atoms with Crippen LogP contribution in [0.15, 0.2) is 35.5 Å². The lowest BCUT2D eigenvalue weighted by atomic mass is 9.80. The Kier molecular flexibility index (Phi) is 9.09. The predicted molar refractivity (Wildman–Crippen MR) is 107 cm³/mol. The molecule has 0 aromatic rings. The van der Waals surface area contributed by atoms with Gasteiger partial charge in [-0.1, -0.05) is 12.2 Å². The molecule has 2 fully saturated rings. The van der Waals surface area contributed by atoms with Crippen LogP contribution >= 0.6 is 0 Å². The number of hydrogen-bond donors (Lipinski definition) is 0. The molecule has 2 aliphatic rings. The Morgan fingerprint density at radius 1 is 0.625 bits per heavy atom. The van der Waals surface area contributed by atoms with Gasteiger partial charge in [-0.05, 0) is 101 Å². The number of nitrogens with zero attached hydrogens (tertiary/aromatic N) is 2. The van der Waals surface area contributed by atoms with Gasteiger partial charge in [0, 0.05) is 12.4 Å². The highest BCUT2D eigenvalue weighted by atomic mass is 15.2. The van der Waals surface area contributed by atoms with Gasteiger partial charge in [0.05, 0.1) is 0 Å².